The monoisotopic (exact) mass is 358 g/mol. The Labute approximate surface area is 152 Å². The molecule has 140 valence electrons. The summed E-state index contributed by atoms with van der Waals surface area (Å²) >= 11 is 0. The maximum absolute atomic E-state index is 12.4. The van der Waals surface area contributed by atoms with Crippen molar-refractivity contribution in [3.05, 3.63) is 40.3 Å². The molecule has 1 aromatic carbocycles. The van der Waals surface area contributed by atoms with Crippen LogP contribution in [0.25, 0.3) is 10.8 Å². The Kier molecular flexibility index (Phi) is 7.32. The van der Waals surface area contributed by atoms with Crippen LogP contribution in [0.4, 0.5) is 0 Å². The highest BCUT2D eigenvalue weighted by Crippen LogP contribution is 2.12. The summed E-state index contributed by atoms with van der Waals surface area (Å²) in [5.74, 6) is -0.781. The second kappa shape index (κ2) is 9.70. The molecule has 7 nitrogen and oxygen atoms in total. The Morgan fingerprint density at radius 2 is 1.65 bits per heavy atom. The second-order valence-corrected chi connectivity index (χ2v) is 6.34. The normalized spacial score (nSPS) is 10.7. The van der Waals surface area contributed by atoms with Crippen molar-refractivity contribution in [2.75, 3.05) is 0 Å². The molecule has 0 aliphatic rings. The number of hydrazine groups is 1. The molecule has 0 radical (unpaired) electrons. The van der Waals surface area contributed by atoms with Crippen LogP contribution < -0.4 is 16.4 Å². The lowest BCUT2D eigenvalue weighted by Gasteiger charge is -2.10. The van der Waals surface area contributed by atoms with Crippen LogP contribution in [0.1, 0.15) is 62.4 Å². The first kappa shape index (κ1) is 19.6. The molecule has 0 fully saturated rings. The van der Waals surface area contributed by atoms with Crippen molar-refractivity contribution in [3.63, 3.8) is 0 Å². The molecule has 0 aliphatic carbocycles. The lowest BCUT2D eigenvalue weighted by molar-refractivity contribution is -0.122. The fraction of sp³-hybridized carbons (Fsp3) is 0.474. The first-order chi connectivity index (χ1) is 12.5. The molecule has 7 heteroatoms. The molecule has 2 rings (SSSR count). The molecule has 2 aromatic rings. The van der Waals surface area contributed by atoms with E-state index in [1.54, 1.807) is 24.3 Å². The standard InChI is InChI=1S/C19H26N4O3/c1-3-4-5-6-7-8-13-16(24)20-21-18(25)17-14-11-9-10-12-15(14)19(26)23(2)22-17/h9-12H,3-8,13H2,1-2H3,(H,20,24)(H,21,25). The van der Waals surface area contributed by atoms with Crippen molar-refractivity contribution in [2.24, 2.45) is 7.05 Å². The van der Waals surface area contributed by atoms with Gasteiger partial charge in [0.25, 0.3) is 11.5 Å². The van der Waals surface area contributed by atoms with Crippen LogP contribution in [-0.4, -0.2) is 21.6 Å². The van der Waals surface area contributed by atoms with Crippen LogP contribution >= 0.6 is 0 Å². The summed E-state index contributed by atoms with van der Waals surface area (Å²) in [5, 5.41) is 4.89. The number of carbonyl (C=O) groups excluding carboxylic acids is 2. The van der Waals surface area contributed by atoms with Gasteiger partial charge in [0.2, 0.25) is 5.91 Å². The lowest BCUT2D eigenvalue weighted by atomic mass is 10.1. The van der Waals surface area contributed by atoms with Crippen LogP contribution in [0.2, 0.25) is 0 Å². The Morgan fingerprint density at radius 3 is 2.38 bits per heavy atom. The third-order valence-corrected chi connectivity index (χ3v) is 4.24. The van der Waals surface area contributed by atoms with Crippen LogP contribution in [0.15, 0.2) is 29.1 Å². The quantitative estimate of drug-likeness (QED) is 0.560. The van der Waals surface area contributed by atoms with E-state index in [1.165, 1.54) is 26.3 Å². The number of benzene rings is 1. The van der Waals surface area contributed by atoms with Gasteiger partial charge in [-0.15, -0.1) is 0 Å². The number of unbranched alkanes of at least 4 members (excludes halogenated alkanes) is 5. The summed E-state index contributed by atoms with van der Waals surface area (Å²) in [5.41, 5.74) is 4.62. The Bertz CT molecular complexity index is 829. The van der Waals surface area contributed by atoms with E-state index < -0.39 is 5.91 Å². The fourth-order valence-electron chi connectivity index (χ4n) is 2.78. The zero-order chi connectivity index (χ0) is 18.9. The Hall–Kier alpha value is -2.70. The number of fused-ring (bicyclic) bond motifs is 1. The summed E-state index contributed by atoms with van der Waals surface area (Å²) in [6, 6.07) is 6.77. The third-order valence-electron chi connectivity index (χ3n) is 4.24. The molecular formula is C19H26N4O3. The highest BCUT2D eigenvalue weighted by atomic mass is 16.2. The number of carbonyl (C=O) groups is 2. The molecule has 0 unspecified atom stereocenters. The molecule has 0 saturated heterocycles. The van der Waals surface area contributed by atoms with Gasteiger partial charge in [-0.05, 0) is 12.5 Å². The van der Waals surface area contributed by atoms with Crippen molar-refractivity contribution in [3.8, 4) is 0 Å². The van der Waals surface area contributed by atoms with Crippen molar-refractivity contribution in [1.29, 1.82) is 0 Å². The number of rotatable bonds is 8. The molecule has 1 heterocycles. The number of aromatic nitrogens is 2. The van der Waals surface area contributed by atoms with E-state index in [9.17, 15) is 14.4 Å². The van der Waals surface area contributed by atoms with E-state index in [1.807, 2.05) is 0 Å². The highest BCUT2D eigenvalue weighted by Gasteiger charge is 2.15. The number of hydrogen-bond acceptors (Lipinski definition) is 4. The average Bonchev–Trinajstić information content (AvgIpc) is 2.65. The van der Waals surface area contributed by atoms with Crippen LogP contribution in [-0.2, 0) is 11.8 Å². The van der Waals surface area contributed by atoms with E-state index in [0.717, 1.165) is 23.9 Å². The molecule has 0 atom stereocenters. The van der Waals surface area contributed by atoms with E-state index in [-0.39, 0.29) is 17.2 Å². The summed E-state index contributed by atoms with van der Waals surface area (Å²) in [4.78, 5) is 36.3. The van der Waals surface area contributed by atoms with Gasteiger partial charge in [-0.25, -0.2) is 4.68 Å². The number of nitrogens with one attached hydrogen (secondary N) is 2. The van der Waals surface area contributed by atoms with Gasteiger partial charge in [-0.3, -0.25) is 25.2 Å². The SMILES string of the molecule is CCCCCCCCC(=O)NNC(=O)c1nn(C)c(=O)c2ccccc12. The number of nitrogens with zero attached hydrogens (tertiary/aromatic N) is 2. The maximum Gasteiger partial charge on any atom is 0.290 e. The fourth-order valence-corrected chi connectivity index (χ4v) is 2.78. The van der Waals surface area contributed by atoms with Gasteiger partial charge in [-0.1, -0.05) is 57.2 Å². The minimum absolute atomic E-state index is 0.0996. The number of aryl methyl sites for hydroxylation is 1. The third kappa shape index (κ3) is 5.15. The van der Waals surface area contributed by atoms with Crippen LogP contribution in [0.3, 0.4) is 0 Å². The van der Waals surface area contributed by atoms with Gasteiger partial charge in [-0.2, -0.15) is 5.10 Å². The highest BCUT2D eigenvalue weighted by molar-refractivity contribution is 6.05. The zero-order valence-corrected chi connectivity index (χ0v) is 15.4. The topological polar surface area (TPSA) is 93.1 Å². The predicted molar refractivity (Wildman–Crippen MR) is 101 cm³/mol. The molecule has 2 N–H and O–H groups in total. The minimum Gasteiger partial charge on any atom is -0.273 e. The van der Waals surface area contributed by atoms with E-state index in [4.69, 9.17) is 0 Å². The average molecular weight is 358 g/mol. The summed E-state index contributed by atoms with van der Waals surface area (Å²) < 4.78 is 1.12. The van der Waals surface area contributed by atoms with E-state index in [2.05, 4.69) is 22.9 Å². The van der Waals surface area contributed by atoms with Gasteiger partial charge >= 0.3 is 0 Å². The summed E-state index contributed by atoms with van der Waals surface area (Å²) in [6.45, 7) is 2.17. The number of hydrogen-bond donors (Lipinski definition) is 2. The second-order valence-electron chi connectivity index (χ2n) is 6.34. The molecule has 0 bridgehead atoms. The van der Waals surface area contributed by atoms with Crippen molar-refractivity contribution in [1.82, 2.24) is 20.6 Å². The van der Waals surface area contributed by atoms with E-state index >= 15 is 0 Å². The van der Waals surface area contributed by atoms with Crippen molar-refractivity contribution < 1.29 is 9.59 Å². The van der Waals surface area contributed by atoms with Gasteiger partial charge < -0.3 is 0 Å². The first-order valence-electron chi connectivity index (χ1n) is 9.09. The minimum atomic E-state index is -0.548. The zero-order valence-electron chi connectivity index (χ0n) is 15.4. The molecule has 0 aliphatic heterocycles. The molecular weight excluding hydrogens is 332 g/mol. The van der Waals surface area contributed by atoms with Gasteiger partial charge in [0.15, 0.2) is 5.69 Å². The lowest BCUT2D eigenvalue weighted by Crippen LogP contribution is -2.42. The molecule has 26 heavy (non-hydrogen) atoms. The summed E-state index contributed by atoms with van der Waals surface area (Å²) in [6.07, 6.45) is 6.92. The smallest absolute Gasteiger partial charge is 0.273 e. The van der Waals surface area contributed by atoms with Gasteiger partial charge in [0, 0.05) is 18.9 Å². The Morgan fingerprint density at radius 1 is 1.00 bits per heavy atom. The van der Waals surface area contributed by atoms with E-state index in [0.29, 0.717) is 17.2 Å². The molecule has 0 saturated carbocycles. The van der Waals surface area contributed by atoms with Crippen LogP contribution in [0, 0.1) is 0 Å². The van der Waals surface area contributed by atoms with Crippen LogP contribution in [0.5, 0.6) is 0 Å². The maximum atomic E-state index is 12.4. The predicted octanol–water partition coefficient (Wildman–Crippen LogP) is 2.45. The van der Waals surface area contributed by atoms with Gasteiger partial charge in [0.05, 0.1) is 5.39 Å². The van der Waals surface area contributed by atoms with Crippen molar-refractivity contribution in [2.45, 2.75) is 51.9 Å². The first-order valence-corrected chi connectivity index (χ1v) is 9.09. The number of amides is 2. The molecule has 2 amide bonds. The summed E-state index contributed by atoms with van der Waals surface area (Å²) in [7, 11) is 1.49. The largest absolute Gasteiger partial charge is 0.290 e. The Balaban J connectivity index is 1.90. The molecule has 1 aromatic heterocycles. The van der Waals surface area contributed by atoms with Gasteiger partial charge in [0.1, 0.15) is 0 Å². The molecule has 0 spiro atoms. The van der Waals surface area contributed by atoms with Crippen molar-refractivity contribution >= 4 is 22.6 Å².